The Balaban J connectivity index is 1.71. The molecule has 9 atom stereocenters. The molecule has 0 amide bonds. The Labute approximate surface area is 122 Å². The lowest BCUT2D eigenvalue weighted by Crippen LogP contribution is -2.98. The Hall–Kier alpha value is -0.320. The van der Waals surface area contributed by atoms with Crippen LogP contribution in [0, 0.1) is 11.3 Å². The molecule has 0 aromatic carbocycles. The zero-order chi connectivity index (χ0) is 15.6. The number of fused-ring (bicyclic) bond motifs is 4. The van der Waals surface area contributed by atoms with Crippen molar-refractivity contribution in [2.24, 2.45) is 11.3 Å². The van der Waals surface area contributed by atoms with Gasteiger partial charge in [0.05, 0.1) is 24.2 Å². The van der Waals surface area contributed by atoms with E-state index in [1.165, 1.54) is 14.2 Å². The van der Waals surface area contributed by atoms with Gasteiger partial charge in [-0.1, -0.05) is 0 Å². The van der Waals surface area contributed by atoms with Crippen molar-refractivity contribution in [1.29, 1.82) is 0 Å². The summed E-state index contributed by atoms with van der Waals surface area (Å²) in [5, 5.41) is 40.0. The molecule has 122 valence electrons. The molecule has 1 saturated heterocycles. The smallest absolute Gasteiger partial charge is 0.190 e. The second kappa shape index (κ2) is 4.84. The summed E-state index contributed by atoms with van der Waals surface area (Å²) in [6.07, 6.45) is -4.92. The van der Waals surface area contributed by atoms with Crippen LogP contribution in [0.25, 0.3) is 0 Å². The Morgan fingerprint density at radius 3 is 2.52 bits per heavy atom. The van der Waals surface area contributed by atoms with Crippen molar-refractivity contribution in [1.82, 2.24) is 0 Å². The average Bonchev–Trinajstić information content (AvgIpc) is 2.47. The molecule has 0 bridgehead atoms. The van der Waals surface area contributed by atoms with Crippen LogP contribution < -0.4 is 0 Å². The van der Waals surface area contributed by atoms with E-state index in [2.05, 4.69) is 0 Å². The van der Waals surface area contributed by atoms with Gasteiger partial charge in [-0.2, -0.15) is 0 Å². The molecule has 3 rings (SSSR count). The maximum absolute atomic E-state index is 10.7. The van der Waals surface area contributed by atoms with E-state index in [0.717, 1.165) is 0 Å². The summed E-state index contributed by atoms with van der Waals surface area (Å²) in [7, 11) is 2.78. The lowest BCUT2D eigenvalue weighted by molar-refractivity contribution is -0.545. The highest BCUT2D eigenvalue weighted by molar-refractivity contribution is 5.36. The first-order valence-corrected chi connectivity index (χ1v) is 6.95. The summed E-state index contributed by atoms with van der Waals surface area (Å²) in [5.41, 5.74) is -2.16. The third-order valence-electron chi connectivity index (χ3n) is 5.31. The van der Waals surface area contributed by atoms with Gasteiger partial charge in [0.25, 0.3) is 0 Å². The number of ether oxygens (including phenoxy) is 4. The van der Waals surface area contributed by atoms with Gasteiger partial charge < -0.3 is 39.4 Å². The van der Waals surface area contributed by atoms with E-state index in [1.807, 2.05) is 0 Å². The zero-order valence-electron chi connectivity index (χ0n) is 12.2. The molecule has 8 nitrogen and oxygen atoms in total. The van der Waals surface area contributed by atoms with Gasteiger partial charge in [-0.05, 0) is 6.92 Å². The molecule has 2 saturated carbocycles. The largest absolute Gasteiger partial charge is 0.396 e. The first kappa shape index (κ1) is 15.6. The summed E-state index contributed by atoms with van der Waals surface area (Å²) in [4.78, 5) is 0. The SMILES string of the molecule is COC(O)C(C)OC1OC2C1(O)C1C(O)C(OC)C21CO. The van der Waals surface area contributed by atoms with Crippen molar-refractivity contribution in [2.75, 3.05) is 20.8 Å². The van der Waals surface area contributed by atoms with Gasteiger partial charge in [0, 0.05) is 20.1 Å². The van der Waals surface area contributed by atoms with Gasteiger partial charge in [0.1, 0.15) is 17.8 Å². The molecule has 8 heteroatoms. The lowest BCUT2D eigenvalue weighted by atomic mass is 9.34. The maximum atomic E-state index is 10.7. The molecule has 2 aliphatic carbocycles. The minimum Gasteiger partial charge on any atom is -0.396 e. The number of hydrogen-bond acceptors (Lipinski definition) is 8. The molecule has 1 heterocycles. The third kappa shape index (κ3) is 1.57. The number of hydrogen-bond donors (Lipinski definition) is 4. The fourth-order valence-corrected chi connectivity index (χ4v) is 4.27. The molecule has 0 radical (unpaired) electrons. The molecule has 3 aliphatic rings. The zero-order valence-corrected chi connectivity index (χ0v) is 12.2. The van der Waals surface area contributed by atoms with E-state index >= 15 is 0 Å². The summed E-state index contributed by atoms with van der Waals surface area (Å²) < 4.78 is 20.9. The first-order chi connectivity index (χ1) is 9.89. The normalized spacial score (nSPS) is 53.6. The predicted octanol–water partition coefficient (Wildman–Crippen LogP) is -2.19. The number of rotatable bonds is 6. The minimum absolute atomic E-state index is 0.247. The van der Waals surface area contributed by atoms with Gasteiger partial charge in [-0.15, -0.1) is 0 Å². The second-order valence-electron chi connectivity index (χ2n) is 6.10. The molecule has 9 unspecified atom stereocenters. The van der Waals surface area contributed by atoms with Crippen LogP contribution in [0.3, 0.4) is 0 Å². The summed E-state index contributed by atoms with van der Waals surface area (Å²) in [6.45, 7) is 1.34. The average molecular weight is 306 g/mol. The van der Waals surface area contributed by atoms with Crippen LogP contribution in [0.1, 0.15) is 6.92 Å². The van der Waals surface area contributed by atoms with Gasteiger partial charge in [0.2, 0.25) is 0 Å². The van der Waals surface area contributed by atoms with Crippen LogP contribution in [0.2, 0.25) is 0 Å². The van der Waals surface area contributed by atoms with Crippen LogP contribution in [0.5, 0.6) is 0 Å². The highest BCUT2D eigenvalue weighted by Crippen LogP contribution is 2.73. The number of aliphatic hydroxyl groups is 4. The molecular formula is C13H22O8. The van der Waals surface area contributed by atoms with E-state index in [4.69, 9.17) is 18.9 Å². The van der Waals surface area contributed by atoms with Gasteiger partial charge >= 0.3 is 0 Å². The van der Waals surface area contributed by atoms with E-state index in [1.54, 1.807) is 6.92 Å². The summed E-state index contributed by atoms with van der Waals surface area (Å²) in [6, 6.07) is 0. The lowest BCUT2D eigenvalue weighted by Gasteiger charge is -2.81. The van der Waals surface area contributed by atoms with Crippen molar-refractivity contribution in [3.05, 3.63) is 0 Å². The van der Waals surface area contributed by atoms with Crippen LogP contribution >= 0.6 is 0 Å². The Morgan fingerprint density at radius 1 is 1.33 bits per heavy atom. The molecule has 4 N–H and O–H groups in total. The van der Waals surface area contributed by atoms with Crippen molar-refractivity contribution < 1.29 is 39.4 Å². The Bertz CT molecular complexity index is 419. The van der Waals surface area contributed by atoms with Crippen molar-refractivity contribution in [2.45, 2.75) is 49.5 Å². The highest BCUT2D eigenvalue weighted by Gasteiger charge is 2.91. The fraction of sp³-hybridized carbons (Fsp3) is 1.00. The fourth-order valence-electron chi connectivity index (χ4n) is 4.27. The summed E-state index contributed by atoms with van der Waals surface area (Å²) >= 11 is 0. The van der Waals surface area contributed by atoms with E-state index < -0.39 is 53.9 Å². The topological polar surface area (TPSA) is 118 Å². The van der Waals surface area contributed by atoms with Crippen LogP contribution in [-0.4, -0.2) is 83.8 Å². The molecule has 0 aromatic rings. The quantitative estimate of drug-likeness (QED) is 0.409. The van der Waals surface area contributed by atoms with Gasteiger partial charge in [-0.25, -0.2) is 0 Å². The van der Waals surface area contributed by atoms with Gasteiger partial charge in [0.15, 0.2) is 12.6 Å². The molecule has 3 fully saturated rings. The highest BCUT2D eigenvalue weighted by atomic mass is 16.8. The van der Waals surface area contributed by atoms with Crippen LogP contribution in [-0.2, 0) is 18.9 Å². The summed E-state index contributed by atoms with van der Waals surface area (Å²) in [5.74, 6) is -0.574. The molecule has 21 heavy (non-hydrogen) atoms. The maximum Gasteiger partial charge on any atom is 0.190 e. The van der Waals surface area contributed by atoms with E-state index in [-0.39, 0.29) is 6.61 Å². The van der Waals surface area contributed by atoms with Crippen LogP contribution in [0.15, 0.2) is 0 Å². The molecule has 1 aliphatic heterocycles. The Morgan fingerprint density at radius 2 is 2.00 bits per heavy atom. The standard InChI is InChI=1S/C13H22O8/c1-5(9(16)19-3)20-11-13(17)7-6(15)8(18-2)12(7,4-14)10(13)21-11/h5-11,14-17H,4H2,1-3H3. The predicted molar refractivity (Wildman–Crippen MR) is 67.0 cm³/mol. The van der Waals surface area contributed by atoms with Crippen LogP contribution in [0.4, 0.5) is 0 Å². The van der Waals surface area contributed by atoms with Gasteiger partial charge in [-0.3, -0.25) is 0 Å². The van der Waals surface area contributed by atoms with Crippen molar-refractivity contribution in [3.8, 4) is 0 Å². The Kier molecular flexibility index (Phi) is 3.59. The third-order valence-corrected chi connectivity index (χ3v) is 5.31. The van der Waals surface area contributed by atoms with Crippen molar-refractivity contribution in [3.63, 3.8) is 0 Å². The van der Waals surface area contributed by atoms with E-state index in [0.29, 0.717) is 0 Å². The minimum atomic E-state index is -1.38. The monoisotopic (exact) mass is 306 g/mol. The van der Waals surface area contributed by atoms with Crippen molar-refractivity contribution >= 4 is 0 Å². The molecular weight excluding hydrogens is 284 g/mol. The molecule has 0 aromatic heterocycles. The van der Waals surface area contributed by atoms with E-state index in [9.17, 15) is 20.4 Å². The number of methoxy groups -OCH3 is 2. The molecule has 0 spiro atoms. The number of aliphatic hydroxyl groups excluding tert-OH is 3. The second-order valence-corrected chi connectivity index (χ2v) is 6.10. The first-order valence-electron chi connectivity index (χ1n) is 6.95.